The second-order valence-electron chi connectivity index (χ2n) is 2.02. The normalized spacial score (nSPS) is 16.7. The quantitative estimate of drug-likeness (QED) is 0.517. The molecule has 1 aliphatic heterocycles. The molecule has 0 atom stereocenters. The second-order valence-corrected chi connectivity index (χ2v) is 2.02. The van der Waals surface area contributed by atoms with E-state index in [1.54, 1.807) is 6.21 Å². The zero-order valence-electron chi connectivity index (χ0n) is 5.88. The lowest BCUT2D eigenvalue weighted by molar-refractivity contribution is 0.862. The van der Waals surface area contributed by atoms with Crippen LogP contribution in [0.1, 0.15) is 0 Å². The van der Waals surface area contributed by atoms with E-state index < -0.39 is 0 Å². The summed E-state index contributed by atoms with van der Waals surface area (Å²) in [6.07, 6.45) is 1.75. The highest BCUT2D eigenvalue weighted by Gasteiger charge is 1.95. The van der Waals surface area contributed by atoms with Gasteiger partial charge in [0.25, 0.3) is 0 Å². The van der Waals surface area contributed by atoms with E-state index >= 15 is 0 Å². The van der Waals surface area contributed by atoms with Gasteiger partial charge in [0.15, 0.2) is 0 Å². The van der Waals surface area contributed by atoms with Crippen LogP contribution >= 0.6 is 0 Å². The van der Waals surface area contributed by atoms with Crippen molar-refractivity contribution in [3.05, 3.63) is 0 Å². The third kappa shape index (κ3) is 2.14. The molecule has 0 radical (unpaired) electrons. The molecule has 0 amide bonds. The van der Waals surface area contributed by atoms with Crippen molar-refractivity contribution in [2.75, 3.05) is 26.2 Å². The fourth-order valence-corrected chi connectivity index (χ4v) is 0.722. The Hall–Kier alpha value is -0.900. The van der Waals surface area contributed by atoms with Crippen LogP contribution in [0.3, 0.4) is 0 Å². The Labute approximate surface area is 60.2 Å². The molecule has 0 spiro atoms. The number of nitrogens with one attached hydrogen (secondary N) is 1. The molecule has 1 rings (SSSR count). The summed E-state index contributed by atoms with van der Waals surface area (Å²) in [6.45, 7) is 3.01. The highest BCUT2D eigenvalue weighted by Crippen LogP contribution is 1.82. The number of hydrogen-bond donors (Lipinski definition) is 2. The van der Waals surface area contributed by atoms with Crippen molar-refractivity contribution in [2.24, 2.45) is 15.7 Å². The zero-order valence-corrected chi connectivity index (χ0v) is 5.88. The summed E-state index contributed by atoms with van der Waals surface area (Å²) in [7, 11) is 0. The number of amidine groups is 1. The Morgan fingerprint density at radius 1 is 1.60 bits per heavy atom. The average molecular weight is 140 g/mol. The highest BCUT2D eigenvalue weighted by atomic mass is 15.0. The second kappa shape index (κ2) is 4.00. The zero-order chi connectivity index (χ0) is 7.23. The van der Waals surface area contributed by atoms with Gasteiger partial charge >= 0.3 is 0 Å². The molecule has 0 saturated heterocycles. The van der Waals surface area contributed by atoms with E-state index in [2.05, 4.69) is 15.3 Å². The molecule has 0 aliphatic carbocycles. The van der Waals surface area contributed by atoms with Gasteiger partial charge < -0.3 is 11.1 Å². The molecule has 10 heavy (non-hydrogen) atoms. The number of hydrogen-bond acceptors (Lipinski definition) is 4. The van der Waals surface area contributed by atoms with Gasteiger partial charge in [-0.15, -0.1) is 0 Å². The molecule has 0 bridgehead atoms. The number of nitrogens with two attached hydrogens (primary N) is 1. The van der Waals surface area contributed by atoms with Crippen molar-refractivity contribution in [3.63, 3.8) is 0 Å². The van der Waals surface area contributed by atoms with Crippen molar-refractivity contribution in [3.8, 4) is 0 Å². The van der Waals surface area contributed by atoms with E-state index in [0.717, 1.165) is 25.5 Å². The monoisotopic (exact) mass is 140 g/mol. The predicted octanol–water partition coefficient (Wildman–Crippen LogP) is -0.982. The Bertz CT molecular complexity index is 150. The maximum Gasteiger partial charge on any atom is 0.139 e. The Morgan fingerprint density at radius 3 is 3.10 bits per heavy atom. The lowest BCUT2D eigenvalue weighted by Gasteiger charge is -2.06. The minimum Gasteiger partial charge on any atom is -0.368 e. The first-order chi connectivity index (χ1) is 4.93. The van der Waals surface area contributed by atoms with Crippen LogP contribution in [0.4, 0.5) is 0 Å². The topological polar surface area (TPSA) is 62.8 Å². The summed E-state index contributed by atoms with van der Waals surface area (Å²) >= 11 is 0. The van der Waals surface area contributed by atoms with Crippen molar-refractivity contribution >= 4 is 12.1 Å². The molecule has 4 heteroatoms. The molecular formula is C6H12N4. The van der Waals surface area contributed by atoms with E-state index in [0.29, 0.717) is 6.54 Å². The van der Waals surface area contributed by atoms with Crippen LogP contribution in [-0.2, 0) is 0 Å². The molecule has 56 valence electrons. The van der Waals surface area contributed by atoms with E-state index in [1.165, 1.54) is 0 Å². The largest absolute Gasteiger partial charge is 0.368 e. The number of nitrogens with zero attached hydrogens (tertiary/aromatic N) is 2. The lowest BCUT2D eigenvalue weighted by Crippen LogP contribution is -2.31. The smallest absolute Gasteiger partial charge is 0.139 e. The van der Waals surface area contributed by atoms with Gasteiger partial charge in [0.05, 0.1) is 19.3 Å². The van der Waals surface area contributed by atoms with Gasteiger partial charge in [-0.2, -0.15) is 0 Å². The van der Waals surface area contributed by atoms with E-state index in [1.807, 2.05) is 0 Å². The van der Waals surface area contributed by atoms with E-state index in [9.17, 15) is 0 Å². The predicted molar refractivity (Wildman–Crippen MR) is 42.7 cm³/mol. The first-order valence-corrected chi connectivity index (χ1v) is 3.41. The van der Waals surface area contributed by atoms with Crippen LogP contribution in [0.5, 0.6) is 0 Å². The first kappa shape index (κ1) is 7.21. The van der Waals surface area contributed by atoms with E-state index in [4.69, 9.17) is 5.73 Å². The number of aliphatic imine (C=N–C) groups is 2. The molecule has 0 aromatic rings. The fourth-order valence-electron chi connectivity index (χ4n) is 0.722. The maximum absolute atomic E-state index is 5.28. The van der Waals surface area contributed by atoms with Crippen LogP contribution < -0.4 is 11.1 Å². The SMILES string of the molecule is NCCNC1=NCCN=C1. The van der Waals surface area contributed by atoms with Gasteiger partial charge in [0.2, 0.25) is 0 Å². The molecule has 3 N–H and O–H groups in total. The summed E-state index contributed by atoms with van der Waals surface area (Å²) in [4.78, 5) is 8.22. The van der Waals surface area contributed by atoms with Crippen molar-refractivity contribution < 1.29 is 0 Å². The lowest BCUT2D eigenvalue weighted by atomic mass is 10.5. The standard InChI is InChI=1S/C6H12N4/c7-1-2-9-6-5-8-3-4-10-6/h5H,1-4,7H2,(H,9,10). The highest BCUT2D eigenvalue weighted by molar-refractivity contribution is 6.29. The molecular weight excluding hydrogens is 128 g/mol. The summed E-state index contributed by atoms with van der Waals surface area (Å²) in [5.74, 6) is 0.858. The van der Waals surface area contributed by atoms with Crippen molar-refractivity contribution in [1.82, 2.24) is 5.32 Å². The summed E-state index contributed by atoms with van der Waals surface area (Å²) in [6, 6.07) is 0. The third-order valence-corrected chi connectivity index (χ3v) is 1.18. The first-order valence-electron chi connectivity index (χ1n) is 3.41. The molecule has 0 fully saturated rings. The van der Waals surface area contributed by atoms with Crippen molar-refractivity contribution in [1.29, 1.82) is 0 Å². The van der Waals surface area contributed by atoms with Crippen LogP contribution in [0.25, 0.3) is 0 Å². The van der Waals surface area contributed by atoms with Crippen LogP contribution in [0.2, 0.25) is 0 Å². The van der Waals surface area contributed by atoms with Crippen LogP contribution in [0, 0.1) is 0 Å². The van der Waals surface area contributed by atoms with Gasteiger partial charge in [0.1, 0.15) is 5.84 Å². The molecule has 1 heterocycles. The minimum atomic E-state index is 0.632. The Morgan fingerprint density at radius 2 is 2.50 bits per heavy atom. The average Bonchev–Trinajstić information content (AvgIpc) is 2.03. The summed E-state index contributed by atoms with van der Waals surface area (Å²) in [5.41, 5.74) is 5.28. The van der Waals surface area contributed by atoms with Crippen LogP contribution in [-0.4, -0.2) is 38.2 Å². The summed E-state index contributed by atoms with van der Waals surface area (Å²) < 4.78 is 0. The van der Waals surface area contributed by atoms with Gasteiger partial charge in [-0.3, -0.25) is 9.98 Å². The van der Waals surface area contributed by atoms with Crippen molar-refractivity contribution in [2.45, 2.75) is 0 Å². The Balaban J connectivity index is 2.26. The van der Waals surface area contributed by atoms with Gasteiger partial charge in [-0.05, 0) is 0 Å². The van der Waals surface area contributed by atoms with Gasteiger partial charge in [-0.25, -0.2) is 0 Å². The molecule has 0 aromatic carbocycles. The summed E-state index contributed by atoms with van der Waals surface area (Å²) in [5, 5.41) is 3.05. The Kier molecular flexibility index (Phi) is 2.89. The van der Waals surface area contributed by atoms with Gasteiger partial charge in [-0.1, -0.05) is 0 Å². The molecule has 1 aliphatic rings. The molecule has 0 aromatic heterocycles. The third-order valence-electron chi connectivity index (χ3n) is 1.18. The van der Waals surface area contributed by atoms with E-state index in [-0.39, 0.29) is 0 Å². The van der Waals surface area contributed by atoms with Crippen LogP contribution in [0.15, 0.2) is 9.98 Å². The number of rotatable bonds is 2. The minimum absolute atomic E-state index is 0.632. The maximum atomic E-state index is 5.28. The molecule has 0 unspecified atom stereocenters. The fraction of sp³-hybridized carbons (Fsp3) is 0.667. The van der Waals surface area contributed by atoms with Gasteiger partial charge in [0, 0.05) is 13.1 Å². The molecule has 4 nitrogen and oxygen atoms in total. The molecule has 0 saturated carbocycles.